The highest BCUT2D eigenvalue weighted by molar-refractivity contribution is 5.54. The Balaban J connectivity index is 2.13. The average molecular weight is 246 g/mol. The second kappa shape index (κ2) is 5.03. The van der Waals surface area contributed by atoms with Crippen molar-refractivity contribution in [3.63, 3.8) is 0 Å². The van der Waals surface area contributed by atoms with E-state index in [9.17, 15) is 0 Å². The summed E-state index contributed by atoms with van der Waals surface area (Å²) in [6, 6.07) is 0. The van der Waals surface area contributed by atoms with E-state index in [1.54, 1.807) is 0 Å². The van der Waals surface area contributed by atoms with Crippen LogP contribution in [0.3, 0.4) is 0 Å². The second-order valence-electron chi connectivity index (χ2n) is 4.21. The molecule has 0 saturated heterocycles. The third-order valence-electron chi connectivity index (χ3n) is 2.90. The molecule has 18 heavy (non-hydrogen) atoms. The highest BCUT2D eigenvalue weighted by Gasteiger charge is 2.08. The van der Waals surface area contributed by atoms with Crippen molar-refractivity contribution < 1.29 is 0 Å². The van der Waals surface area contributed by atoms with Crippen molar-refractivity contribution in [1.82, 2.24) is 19.7 Å². The number of hydrogen-bond acceptors (Lipinski definition) is 5. The molecule has 2 aromatic heterocycles. The monoisotopic (exact) mass is 246 g/mol. The molecule has 0 amide bonds. The van der Waals surface area contributed by atoms with Gasteiger partial charge in [0.05, 0.1) is 5.69 Å². The minimum Gasteiger partial charge on any atom is -0.383 e. The molecule has 2 heterocycles. The van der Waals surface area contributed by atoms with E-state index in [0.29, 0.717) is 12.4 Å². The minimum absolute atomic E-state index is 0.509. The van der Waals surface area contributed by atoms with Crippen LogP contribution in [0.5, 0.6) is 0 Å². The van der Waals surface area contributed by atoms with Crippen LogP contribution < -0.4 is 11.1 Å². The molecule has 0 atom stereocenters. The quantitative estimate of drug-likeness (QED) is 0.849. The first-order valence-corrected chi connectivity index (χ1v) is 5.94. The summed E-state index contributed by atoms with van der Waals surface area (Å²) >= 11 is 0. The van der Waals surface area contributed by atoms with Crippen LogP contribution in [0, 0.1) is 6.92 Å². The predicted molar refractivity (Wildman–Crippen MR) is 71.1 cm³/mol. The van der Waals surface area contributed by atoms with Gasteiger partial charge in [-0.05, 0) is 13.3 Å². The molecule has 0 aliphatic heterocycles. The van der Waals surface area contributed by atoms with Crippen molar-refractivity contribution in [2.45, 2.75) is 26.8 Å². The van der Waals surface area contributed by atoms with Crippen LogP contribution in [0.15, 0.2) is 12.5 Å². The van der Waals surface area contributed by atoms with Crippen molar-refractivity contribution in [2.75, 3.05) is 11.1 Å². The summed E-state index contributed by atoms with van der Waals surface area (Å²) in [6.45, 7) is 4.69. The first-order valence-electron chi connectivity index (χ1n) is 5.94. The Morgan fingerprint density at radius 3 is 2.89 bits per heavy atom. The molecule has 0 unspecified atom stereocenters. The van der Waals surface area contributed by atoms with Crippen LogP contribution in [-0.4, -0.2) is 19.7 Å². The van der Waals surface area contributed by atoms with E-state index in [0.717, 1.165) is 23.5 Å². The molecule has 2 aromatic rings. The van der Waals surface area contributed by atoms with E-state index in [-0.39, 0.29) is 0 Å². The molecule has 0 bridgehead atoms. The normalized spacial score (nSPS) is 10.6. The standard InChI is InChI=1S/C12H18N6/c1-4-10-9(6-18(3)17-10)5-14-12-8(2)11(13)15-7-16-12/h6-7H,4-5H2,1-3H3,(H3,13,14,15,16). The van der Waals surface area contributed by atoms with Gasteiger partial charge in [-0.25, -0.2) is 9.97 Å². The third kappa shape index (κ3) is 2.42. The first kappa shape index (κ1) is 12.3. The smallest absolute Gasteiger partial charge is 0.134 e. The van der Waals surface area contributed by atoms with Crippen molar-refractivity contribution in [3.05, 3.63) is 29.3 Å². The maximum absolute atomic E-state index is 5.74. The van der Waals surface area contributed by atoms with Gasteiger partial charge >= 0.3 is 0 Å². The second-order valence-corrected chi connectivity index (χ2v) is 4.21. The Bertz CT molecular complexity index is 545. The van der Waals surface area contributed by atoms with Crippen LogP contribution in [0.4, 0.5) is 11.6 Å². The lowest BCUT2D eigenvalue weighted by Crippen LogP contribution is -2.06. The first-order chi connectivity index (χ1) is 8.61. The molecule has 6 nitrogen and oxygen atoms in total. The van der Waals surface area contributed by atoms with Gasteiger partial charge in [0.2, 0.25) is 0 Å². The lowest BCUT2D eigenvalue weighted by atomic mass is 10.2. The van der Waals surface area contributed by atoms with Crippen molar-refractivity contribution in [2.24, 2.45) is 7.05 Å². The molecular weight excluding hydrogens is 228 g/mol. The maximum Gasteiger partial charge on any atom is 0.134 e. The Morgan fingerprint density at radius 1 is 1.39 bits per heavy atom. The van der Waals surface area contributed by atoms with Crippen molar-refractivity contribution in [1.29, 1.82) is 0 Å². The average Bonchev–Trinajstić information content (AvgIpc) is 2.71. The summed E-state index contributed by atoms with van der Waals surface area (Å²) < 4.78 is 1.83. The van der Waals surface area contributed by atoms with E-state index in [1.165, 1.54) is 11.9 Å². The molecule has 0 saturated carbocycles. The highest BCUT2D eigenvalue weighted by Crippen LogP contribution is 2.16. The van der Waals surface area contributed by atoms with Crippen LogP contribution in [-0.2, 0) is 20.0 Å². The minimum atomic E-state index is 0.509. The highest BCUT2D eigenvalue weighted by atomic mass is 15.3. The number of aromatic nitrogens is 4. The van der Waals surface area contributed by atoms with Crippen molar-refractivity contribution in [3.8, 4) is 0 Å². The zero-order chi connectivity index (χ0) is 13.1. The molecule has 96 valence electrons. The van der Waals surface area contributed by atoms with E-state index in [4.69, 9.17) is 5.73 Å². The molecule has 3 N–H and O–H groups in total. The molecular formula is C12H18N6. The van der Waals surface area contributed by atoms with Gasteiger partial charge in [0.15, 0.2) is 0 Å². The van der Waals surface area contributed by atoms with E-state index in [2.05, 4.69) is 27.3 Å². The van der Waals surface area contributed by atoms with Gasteiger partial charge in [0.25, 0.3) is 0 Å². The van der Waals surface area contributed by atoms with E-state index in [1.807, 2.05) is 24.9 Å². The molecule has 6 heteroatoms. The Labute approximate surface area is 106 Å². The molecule has 0 aliphatic rings. The van der Waals surface area contributed by atoms with E-state index >= 15 is 0 Å². The van der Waals surface area contributed by atoms with Gasteiger partial charge < -0.3 is 11.1 Å². The molecule has 0 spiro atoms. The predicted octanol–water partition coefficient (Wildman–Crippen LogP) is 1.28. The number of rotatable bonds is 4. The molecule has 2 rings (SSSR count). The largest absolute Gasteiger partial charge is 0.383 e. The summed E-state index contributed by atoms with van der Waals surface area (Å²) in [7, 11) is 1.93. The summed E-state index contributed by atoms with van der Waals surface area (Å²) in [5.41, 5.74) is 8.90. The van der Waals surface area contributed by atoms with Gasteiger partial charge in [0.1, 0.15) is 18.0 Å². The molecule has 0 aromatic carbocycles. The Kier molecular flexibility index (Phi) is 3.45. The number of nitrogens with one attached hydrogen (secondary N) is 1. The zero-order valence-corrected chi connectivity index (χ0v) is 10.9. The lowest BCUT2D eigenvalue weighted by molar-refractivity contribution is 0.746. The van der Waals surface area contributed by atoms with Crippen LogP contribution in [0.2, 0.25) is 0 Å². The summed E-state index contributed by atoms with van der Waals surface area (Å²) in [4.78, 5) is 8.13. The van der Waals surface area contributed by atoms with Crippen LogP contribution in [0.1, 0.15) is 23.7 Å². The van der Waals surface area contributed by atoms with Gasteiger partial charge in [-0.2, -0.15) is 5.10 Å². The molecule has 0 fully saturated rings. The number of nitrogens with two attached hydrogens (primary N) is 1. The maximum atomic E-state index is 5.74. The van der Waals surface area contributed by atoms with Gasteiger partial charge in [-0.15, -0.1) is 0 Å². The summed E-state index contributed by atoms with van der Waals surface area (Å²) in [5, 5.41) is 7.67. The summed E-state index contributed by atoms with van der Waals surface area (Å²) in [6.07, 6.45) is 4.41. The van der Waals surface area contributed by atoms with Crippen molar-refractivity contribution >= 4 is 11.6 Å². The van der Waals surface area contributed by atoms with Gasteiger partial charge in [-0.1, -0.05) is 6.92 Å². The number of anilines is 2. The Morgan fingerprint density at radius 2 is 2.17 bits per heavy atom. The van der Waals surface area contributed by atoms with E-state index < -0.39 is 0 Å². The number of nitrogen functional groups attached to an aromatic ring is 1. The fraction of sp³-hybridized carbons (Fsp3) is 0.417. The molecule has 0 radical (unpaired) electrons. The Hall–Kier alpha value is -2.11. The topological polar surface area (TPSA) is 81.7 Å². The number of aryl methyl sites for hydroxylation is 2. The van der Waals surface area contributed by atoms with Gasteiger partial charge in [-0.3, -0.25) is 4.68 Å². The summed E-state index contributed by atoms with van der Waals surface area (Å²) in [5.74, 6) is 1.28. The fourth-order valence-corrected chi connectivity index (χ4v) is 1.85. The number of hydrogen-bond donors (Lipinski definition) is 2. The fourth-order valence-electron chi connectivity index (χ4n) is 1.85. The molecule has 0 aliphatic carbocycles. The van der Waals surface area contributed by atoms with Gasteiger partial charge in [0, 0.05) is 30.9 Å². The zero-order valence-electron chi connectivity index (χ0n) is 10.9. The lowest BCUT2D eigenvalue weighted by Gasteiger charge is -2.08. The SMILES string of the molecule is CCc1nn(C)cc1CNc1ncnc(N)c1C. The third-order valence-corrected chi connectivity index (χ3v) is 2.90. The van der Waals surface area contributed by atoms with Crippen LogP contribution >= 0.6 is 0 Å². The van der Waals surface area contributed by atoms with Crippen LogP contribution in [0.25, 0.3) is 0 Å². The number of nitrogens with zero attached hydrogens (tertiary/aromatic N) is 4.